The average Bonchev–Trinajstić information content (AvgIpc) is 2.61. The lowest BCUT2D eigenvalue weighted by Gasteiger charge is -2.15. The van der Waals surface area contributed by atoms with Crippen LogP contribution in [0.1, 0.15) is 22.7 Å². The van der Waals surface area contributed by atoms with Crippen LogP contribution in [0.5, 0.6) is 0 Å². The topological polar surface area (TPSA) is 12.0 Å². The number of hydrogen-bond donors (Lipinski definition) is 1. The van der Waals surface area contributed by atoms with Crippen LogP contribution in [-0.4, -0.2) is 0 Å². The van der Waals surface area contributed by atoms with E-state index in [2.05, 4.69) is 72.6 Å². The number of benzene rings is 3. The Balaban J connectivity index is 1.88. The summed E-state index contributed by atoms with van der Waals surface area (Å²) in [5.41, 5.74) is 4.51. The van der Waals surface area contributed by atoms with E-state index in [4.69, 9.17) is 0 Å². The second-order valence-corrected chi connectivity index (χ2v) is 5.49. The molecule has 1 N–H and O–H groups in total. The minimum Gasteiger partial charge on any atom is -0.368 e. The quantitative estimate of drug-likeness (QED) is 0.655. The summed E-state index contributed by atoms with van der Waals surface area (Å²) in [6.45, 7) is 2.08. The summed E-state index contributed by atoms with van der Waals surface area (Å²) in [5, 5.41) is 3.50. The van der Waals surface area contributed by atoms with Crippen molar-refractivity contribution in [1.29, 1.82) is 0 Å². The molecule has 0 saturated carbocycles. The Bertz CT molecular complexity index is 793. The fourth-order valence-corrected chi connectivity index (χ4v) is 2.34. The van der Waals surface area contributed by atoms with Gasteiger partial charge in [0.15, 0.2) is 0 Å². The smallest absolute Gasteiger partial charge is 0.114 e. The maximum atomic E-state index is 3.50. The third-order valence-electron chi connectivity index (χ3n) is 3.63. The van der Waals surface area contributed by atoms with Gasteiger partial charge < -0.3 is 5.32 Å². The van der Waals surface area contributed by atoms with Crippen molar-refractivity contribution in [3.8, 4) is 11.8 Å². The lowest BCUT2D eigenvalue weighted by molar-refractivity contribution is 1.02. The van der Waals surface area contributed by atoms with Crippen molar-refractivity contribution >= 4 is 5.69 Å². The minimum absolute atomic E-state index is 0.0418. The Hall–Kier alpha value is -2.98. The van der Waals surface area contributed by atoms with Crippen molar-refractivity contribution in [1.82, 2.24) is 0 Å². The summed E-state index contributed by atoms with van der Waals surface area (Å²) in [6, 6.07) is 28.8. The van der Waals surface area contributed by atoms with Gasteiger partial charge in [0, 0.05) is 11.3 Å². The average molecular weight is 297 g/mol. The molecule has 3 aromatic rings. The number of para-hydroxylation sites is 1. The molecule has 3 aromatic carbocycles. The zero-order chi connectivity index (χ0) is 15.9. The van der Waals surface area contributed by atoms with Crippen LogP contribution in [0.4, 0.5) is 5.69 Å². The molecule has 23 heavy (non-hydrogen) atoms. The Morgan fingerprint density at radius 3 is 2.00 bits per heavy atom. The van der Waals surface area contributed by atoms with Crippen LogP contribution >= 0.6 is 0 Å². The fraction of sp³-hybridized carbons (Fsp3) is 0.0909. The highest BCUT2D eigenvalue weighted by molar-refractivity contribution is 5.49. The third-order valence-corrected chi connectivity index (χ3v) is 3.63. The van der Waals surface area contributed by atoms with Gasteiger partial charge in [0.05, 0.1) is 0 Å². The predicted molar refractivity (Wildman–Crippen MR) is 97.3 cm³/mol. The van der Waals surface area contributed by atoms with Crippen LogP contribution in [0.25, 0.3) is 0 Å². The molecule has 0 aliphatic rings. The van der Waals surface area contributed by atoms with Crippen LogP contribution in [-0.2, 0) is 0 Å². The molecule has 0 fully saturated rings. The molecule has 0 amide bonds. The molecule has 112 valence electrons. The molecule has 1 nitrogen and oxygen atoms in total. The molecule has 0 saturated heterocycles. The molecule has 0 spiro atoms. The molecule has 0 bridgehead atoms. The van der Waals surface area contributed by atoms with E-state index in [9.17, 15) is 0 Å². The summed E-state index contributed by atoms with van der Waals surface area (Å²) in [7, 11) is 0. The zero-order valence-electron chi connectivity index (χ0n) is 13.2. The van der Waals surface area contributed by atoms with Gasteiger partial charge in [0.2, 0.25) is 0 Å². The van der Waals surface area contributed by atoms with E-state index in [-0.39, 0.29) is 6.04 Å². The van der Waals surface area contributed by atoms with Gasteiger partial charge in [-0.25, -0.2) is 0 Å². The first kappa shape index (κ1) is 14.9. The number of rotatable bonds is 3. The predicted octanol–water partition coefficient (Wildman–Crippen LogP) is 5.20. The maximum Gasteiger partial charge on any atom is 0.114 e. The molecule has 0 aliphatic carbocycles. The van der Waals surface area contributed by atoms with E-state index in [0.717, 1.165) is 16.8 Å². The first-order chi connectivity index (χ1) is 11.3. The van der Waals surface area contributed by atoms with Gasteiger partial charge in [-0.2, -0.15) is 0 Å². The molecular weight excluding hydrogens is 278 g/mol. The normalized spacial score (nSPS) is 11.2. The molecular formula is C22H19N. The monoisotopic (exact) mass is 297 g/mol. The molecule has 3 rings (SSSR count). The highest BCUT2D eigenvalue weighted by atomic mass is 14.9. The van der Waals surface area contributed by atoms with E-state index in [1.807, 2.05) is 36.4 Å². The maximum absolute atomic E-state index is 3.50. The number of hydrogen-bond acceptors (Lipinski definition) is 1. The lowest BCUT2D eigenvalue weighted by atomic mass is 10.1. The van der Waals surface area contributed by atoms with Crippen LogP contribution in [0.3, 0.4) is 0 Å². The van der Waals surface area contributed by atoms with E-state index < -0.39 is 0 Å². The van der Waals surface area contributed by atoms with Crippen LogP contribution in [0, 0.1) is 18.8 Å². The molecule has 0 heterocycles. The first-order valence-electron chi connectivity index (χ1n) is 7.76. The fourth-order valence-electron chi connectivity index (χ4n) is 2.34. The number of anilines is 1. The van der Waals surface area contributed by atoms with Gasteiger partial charge in [-0.1, -0.05) is 78.1 Å². The van der Waals surface area contributed by atoms with Crippen molar-refractivity contribution in [2.24, 2.45) is 0 Å². The van der Waals surface area contributed by atoms with E-state index in [1.165, 1.54) is 5.56 Å². The van der Waals surface area contributed by atoms with Crippen LogP contribution in [0.2, 0.25) is 0 Å². The summed E-state index contributed by atoms with van der Waals surface area (Å²) in [5.74, 6) is 6.64. The van der Waals surface area contributed by atoms with Crippen molar-refractivity contribution in [3.05, 3.63) is 102 Å². The summed E-state index contributed by atoms with van der Waals surface area (Å²) in [4.78, 5) is 0. The van der Waals surface area contributed by atoms with Crippen molar-refractivity contribution in [2.75, 3.05) is 5.32 Å². The summed E-state index contributed by atoms with van der Waals surface area (Å²) in [6.07, 6.45) is 0. The highest BCUT2D eigenvalue weighted by Gasteiger charge is 2.07. The highest BCUT2D eigenvalue weighted by Crippen LogP contribution is 2.19. The molecule has 0 aromatic heterocycles. The second kappa shape index (κ2) is 7.33. The van der Waals surface area contributed by atoms with E-state index >= 15 is 0 Å². The Labute approximate surface area is 138 Å². The molecule has 1 heteroatoms. The van der Waals surface area contributed by atoms with Gasteiger partial charge in [-0.15, -0.1) is 0 Å². The second-order valence-electron chi connectivity index (χ2n) is 5.49. The third kappa shape index (κ3) is 4.25. The van der Waals surface area contributed by atoms with Gasteiger partial charge in [0.1, 0.15) is 6.04 Å². The minimum atomic E-state index is -0.0418. The SMILES string of the molecule is Cc1ccc(C#CC(Nc2ccccc2)c2ccccc2)cc1. The van der Waals surface area contributed by atoms with Crippen LogP contribution < -0.4 is 5.32 Å². The Morgan fingerprint density at radius 1 is 0.739 bits per heavy atom. The molecule has 0 radical (unpaired) electrons. The number of aryl methyl sites for hydroxylation is 1. The summed E-state index contributed by atoms with van der Waals surface area (Å²) >= 11 is 0. The van der Waals surface area contributed by atoms with Crippen molar-refractivity contribution < 1.29 is 0 Å². The van der Waals surface area contributed by atoms with Crippen molar-refractivity contribution in [2.45, 2.75) is 13.0 Å². The Kier molecular flexibility index (Phi) is 4.76. The van der Waals surface area contributed by atoms with Gasteiger partial charge >= 0.3 is 0 Å². The van der Waals surface area contributed by atoms with Crippen LogP contribution in [0.15, 0.2) is 84.9 Å². The molecule has 1 atom stereocenters. The molecule has 0 aliphatic heterocycles. The van der Waals surface area contributed by atoms with Crippen molar-refractivity contribution in [3.63, 3.8) is 0 Å². The number of nitrogens with one attached hydrogen (secondary N) is 1. The van der Waals surface area contributed by atoms with Gasteiger partial charge in [0.25, 0.3) is 0 Å². The Morgan fingerprint density at radius 2 is 1.35 bits per heavy atom. The largest absolute Gasteiger partial charge is 0.368 e. The standard InChI is InChI=1S/C22H19N/c1-18-12-14-19(15-13-18)16-17-22(20-8-4-2-5-9-20)23-21-10-6-3-7-11-21/h2-15,22-23H,1H3. The van der Waals surface area contributed by atoms with Gasteiger partial charge in [-0.3, -0.25) is 0 Å². The lowest BCUT2D eigenvalue weighted by Crippen LogP contribution is -2.08. The zero-order valence-corrected chi connectivity index (χ0v) is 13.2. The van der Waals surface area contributed by atoms with Gasteiger partial charge in [-0.05, 0) is 36.8 Å². The summed E-state index contributed by atoms with van der Waals surface area (Å²) < 4.78 is 0. The first-order valence-corrected chi connectivity index (χ1v) is 7.76. The molecule has 1 unspecified atom stereocenters. The van der Waals surface area contributed by atoms with E-state index in [1.54, 1.807) is 0 Å². The van der Waals surface area contributed by atoms with E-state index in [0.29, 0.717) is 0 Å².